The predicted molar refractivity (Wildman–Crippen MR) is 44.1 cm³/mol. The van der Waals surface area contributed by atoms with E-state index in [1.54, 1.807) is 12.4 Å². The second-order valence-electron chi connectivity index (χ2n) is 1.82. The van der Waals surface area contributed by atoms with Gasteiger partial charge in [-0.05, 0) is 22.6 Å². The molecule has 0 aliphatic carbocycles. The van der Waals surface area contributed by atoms with Gasteiger partial charge in [-0.2, -0.15) is 5.10 Å². The van der Waals surface area contributed by atoms with Crippen molar-refractivity contribution in [1.82, 2.24) is 9.78 Å². The number of nitrogens with zero attached hydrogens (tertiary/aromatic N) is 2. The number of hydrogen-bond donors (Lipinski definition) is 1. The fraction of sp³-hybridized carbons (Fsp3) is 0.200. The van der Waals surface area contributed by atoms with Gasteiger partial charge in [0.2, 0.25) is 5.91 Å². The largest absolute Gasteiger partial charge is 0.368 e. The third kappa shape index (κ3) is 1.98. The van der Waals surface area contributed by atoms with Crippen molar-refractivity contribution < 1.29 is 4.79 Å². The Balaban J connectivity index is 2.67. The summed E-state index contributed by atoms with van der Waals surface area (Å²) < 4.78 is 2.50. The number of hydrogen-bond acceptors (Lipinski definition) is 2. The van der Waals surface area contributed by atoms with E-state index in [4.69, 9.17) is 5.73 Å². The van der Waals surface area contributed by atoms with Crippen molar-refractivity contribution in [2.75, 3.05) is 0 Å². The third-order valence-electron chi connectivity index (χ3n) is 0.920. The highest BCUT2D eigenvalue weighted by Gasteiger charge is 1.97. The minimum atomic E-state index is -0.375. The topological polar surface area (TPSA) is 60.9 Å². The maximum absolute atomic E-state index is 10.3. The molecule has 0 spiro atoms. The molecule has 1 aromatic heterocycles. The highest BCUT2D eigenvalue weighted by molar-refractivity contribution is 14.1. The smallest absolute Gasteiger partial charge is 0.239 e. The van der Waals surface area contributed by atoms with Crippen molar-refractivity contribution in [3.05, 3.63) is 16.0 Å². The van der Waals surface area contributed by atoms with E-state index in [0.29, 0.717) is 0 Å². The summed E-state index contributed by atoms with van der Waals surface area (Å²) in [5, 5.41) is 3.86. The van der Waals surface area contributed by atoms with Gasteiger partial charge in [-0.15, -0.1) is 0 Å². The van der Waals surface area contributed by atoms with E-state index in [-0.39, 0.29) is 12.5 Å². The number of aromatic nitrogens is 2. The molecule has 2 N–H and O–H groups in total. The molecule has 0 radical (unpaired) electrons. The van der Waals surface area contributed by atoms with Crippen molar-refractivity contribution in [2.24, 2.45) is 5.73 Å². The van der Waals surface area contributed by atoms with Crippen LogP contribution in [0.3, 0.4) is 0 Å². The Morgan fingerprint density at radius 1 is 1.90 bits per heavy atom. The van der Waals surface area contributed by atoms with Crippen molar-refractivity contribution >= 4 is 28.5 Å². The zero-order valence-corrected chi connectivity index (χ0v) is 7.28. The molecule has 0 saturated carbocycles. The Morgan fingerprint density at radius 2 is 2.60 bits per heavy atom. The number of carbonyl (C=O) groups excluding carboxylic acids is 1. The van der Waals surface area contributed by atoms with Gasteiger partial charge in [-0.3, -0.25) is 9.48 Å². The van der Waals surface area contributed by atoms with Crippen LogP contribution in [0, 0.1) is 3.57 Å². The lowest BCUT2D eigenvalue weighted by molar-refractivity contribution is -0.118. The normalized spacial score (nSPS) is 9.70. The minimum absolute atomic E-state index is 0.156. The van der Waals surface area contributed by atoms with Gasteiger partial charge in [0.05, 0.1) is 9.77 Å². The molecular weight excluding hydrogens is 245 g/mol. The van der Waals surface area contributed by atoms with E-state index in [0.717, 1.165) is 3.57 Å². The lowest BCUT2D eigenvalue weighted by atomic mass is 10.6. The minimum Gasteiger partial charge on any atom is -0.368 e. The number of primary amides is 1. The first-order valence-electron chi connectivity index (χ1n) is 2.65. The maximum atomic E-state index is 10.3. The van der Waals surface area contributed by atoms with Gasteiger partial charge in [-0.1, -0.05) is 0 Å². The fourth-order valence-corrected chi connectivity index (χ4v) is 1.03. The monoisotopic (exact) mass is 251 g/mol. The quantitative estimate of drug-likeness (QED) is 0.750. The Bertz CT molecular complexity index is 245. The van der Waals surface area contributed by atoms with E-state index in [1.807, 2.05) is 0 Å². The predicted octanol–water partition coefficient (Wildman–Crippen LogP) is -0.0270. The van der Waals surface area contributed by atoms with Crippen molar-refractivity contribution in [3.63, 3.8) is 0 Å². The van der Waals surface area contributed by atoms with Crippen LogP contribution in [-0.4, -0.2) is 15.7 Å². The summed E-state index contributed by atoms with van der Waals surface area (Å²) in [6.45, 7) is 0.156. The van der Waals surface area contributed by atoms with Crippen molar-refractivity contribution in [1.29, 1.82) is 0 Å². The number of carbonyl (C=O) groups is 1. The first-order valence-corrected chi connectivity index (χ1v) is 3.72. The average molecular weight is 251 g/mol. The SMILES string of the molecule is NC(=O)Cn1cc(I)cn1. The lowest BCUT2D eigenvalue weighted by Crippen LogP contribution is -2.18. The molecular formula is C5H6IN3O. The molecule has 10 heavy (non-hydrogen) atoms. The highest BCUT2D eigenvalue weighted by atomic mass is 127. The van der Waals surface area contributed by atoms with Crippen LogP contribution in [-0.2, 0) is 11.3 Å². The Morgan fingerprint density at radius 3 is 3.00 bits per heavy atom. The van der Waals surface area contributed by atoms with Crippen molar-refractivity contribution in [3.8, 4) is 0 Å². The van der Waals surface area contributed by atoms with E-state index in [2.05, 4.69) is 27.7 Å². The van der Waals surface area contributed by atoms with Crippen LogP contribution in [0.15, 0.2) is 12.4 Å². The average Bonchev–Trinajstić information content (AvgIpc) is 2.13. The van der Waals surface area contributed by atoms with Gasteiger partial charge in [-0.25, -0.2) is 0 Å². The van der Waals surface area contributed by atoms with Crippen LogP contribution >= 0.6 is 22.6 Å². The molecule has 1 heterocycles. The summed E-state index contributed by atoms with van der Waals surface area (Å²) >= 11 is 2.11. The Kier molecular flexibility index (Phi) is 2.25. The lowest BCUT2D eigenvalue weighted by Gasteiger charge is -1.92. The molecule has 4 nitrogen and oxygen atoms in total. The summed E-state index contributed by atoms with van der Waals surface area (Å²) in [5.41, 5.74) is 4.93. The van der Waals surface area contributed by atoms with Gasteiger partial charge in [0.1, 0.15) is 6.54 Å². The summed E-state index contributed by atoms with van der Waals surface area (Å²) in [6.07, 6.45) is 3.43. The summed E-state index contributed by atoms with van der Waals surface area (Å²) in [7, 11) is 0. The van der Waals surface area contributed by atoms with Crippen LogP contribution in [0.4, 0.5) is 0 Å². The number of amides is 1. The van der Waals surface area contributed by atoms with Crippen molar-refractivity contribution in [2.45, 2.75) is 6.54 Å². The van der Waals surface area contributed by atoms with Crippen LogP contribution in [0.5, 0.6) is 0 Å². The molecule has 54 valence electrons. The molecule has 0 atom stereocenters. The molecule has 0 fully saturated rings. The molecule has 0 saturated heterocycles. The molecule has 0 aromatic carbocycles. The van der Waals surface area contributed by atoms with Gasteiger partial charge < -0.3 is 5.73 Å². The number of rotatable bonds is 2. The second-order valence-corrected chi connectivity index (χ2v) is 3.07. The zero-order chi connectivity index (χ0) is 7.56. The van der Waals surface area contributed by atoms with Gasteiger partial charge in [0.15, 0.2) is 0 Å². The molecule has 0 bridgehead atoms. The first kappa shape index (κ1) is 7.52. The van der Waals surface area contributed by atoms with E-state index in [1.165, 1.54) is 4.68 Å². The fourth-order valence-electron chi connectivity index (χ4n) is 0.584. The summed E-state index contributed by atoms with van der Waals surface area (Å²) in [5.74, 6) is -0.375. The standard InChI is InChI=1S/C5H6IN3O/c6-4-1-8-9(2-4)3-5(7)10/h1-2H,3H2,(H2,7,10). The second kappa shape index (κ2) is 3.00. The summed E-state index contributed by atoms with van der Waals surface area (Å²) in [6, 6.07) is 0. The first-order chi connectivity index (χ1) is 4.68. The van der Waals surface area contributed by atoms with E-state index < -0.39 is 0 Å². The molecule has 1 aromatic rings. The van der Waals surface area contributed by atoms with E-state index in [9.17, 15) is 4.79 Å². The molecule has 0 aliphatic heterocycles. The third-order valence-corrected chi connectivity index (χ3v) is 1.48. The van der Waals surface area contributed by atoms with Gasteiger partial charge in [0.25, 0.3) is 0 Å². The molecule has 5 heteroatoms. The maximum Gasteiger partial charge on any atom is 0.239 e. The zero-order valence-electron chi connectivity index (χ0n) is 5.12. The van der Waals surface area contributed by atoms with Gasteiger partial charge in [0, 0.05) is 6.20 Å². The van der Waals surface area contributed by atoms with Crippen LogP contribution in [0.1, 0.15) is 0 Å². The van der Waals surface area contributed by atoms with E-state index >= 15 is 0 Å². The van der Waals surface area contributed by atoms with Gasteiger partial charge >= 0.3 is 0 Å². The Labute approximate surface area is 71.5 Å². The molecule has 1 amide bonds. The van der Waals surface area contributed by atoms with Crippen LogP contribution in [0.25, 0.3) is 0 Å². The Hall–Kier alpha value is -0.590. The molecule has 0 unspecified atom stereocenters. The number of nitrogens with two attached hydrogens (primary N) is 1. The van der Waals surface area contributed by atoms with Crippen LogP contribution in [0.2, 0.25) is 0 Å². The highest BCUT2D eigenvalue weighted by Crippen LogP contribution is 1.99. The number of halogens is 1. The molecule has 1 rings (SSSR count). The molecule has 0 aliphatic rings. The van der Waals surface area contributed by atoms with Crippen LogP contribution < -0.4 is 5.73 Å². The summed E-state index contributed by atoms with van der Waals surface area (Å²) in [4.78, 5) is 10.3.